The van der Waals surface area contributed by atoms with E-state index in [1.165, 1.54) is 13.0 Å². The number of aromatic hydroxyl groups is 1. The quantitative estimate of drug-likeness (QED) is 0.779. The van der Waals surface area contributed by atoms with Gasteiger partial charge in [0.15, 0.2) is 0 Å². The highest BCUT2D eigenvalue weighted by Gasteiger charge is 2.03. The lowest BCUT2D eigenvalue weighted by Gasteiger charge is -2.08. The molecule has 0 aromatic heterocycles. The van der Waals surface area contributed by atoms with Crippen LogP contribution < -0.4 is 4.74 Å². The lowest BCUT2D eigenvalue weighted by molar-refractivity contribution is -0.142. The van der Waals surface area contributed by atoms with E-state index in [1.807, 2.05) is 6.92 Å². The van der Waals surface area contributed by atoms with Gasteiger partial charge in [0.05, 0.1) is 6.61 Å². The van der Waals surface area contributed by atoms with E-state index >= 15 is 0 Å². The summed E-state index contributed by atoms with van der Waals surface area (Å²) in [6.07, 6.45) is 0.898. The average Bonchev–Trinajstić information content (AvgIpc) is 2.23. The summed E-state index contributed by atoms with van der Waals surface area (Å²) in [7, 11) is 0. The molecular formula is C12H16O4. The molecule has 0 amide bonds. The van der Waals surface area contributed by atoms with Gasteiger partial charge in [0.2, 0.25) is 0 Å². The third-order valence-corrected chi connectivity index (χ3v) is 1.87. The van der Waals surface area contributed by atoms with Crippen molar-refractivity contribution in [3.63, 3.8) is 0 Å². The Bertz CT molecular complexity index is 360. The summed E-state index contributed by atoms with van der Waals surface area (Å²) < 4.78 is 10.2. The summed E-state index contributed by atoms with van der Waals surface area (Å²) in [5, 5.41) is 9.44. The number of phenols is 1. The largest absolute Gasteiger partial charge is 0.508 e. The predicted molar refractivity (Wildman–Crippen MR) is 59.4 cm³/mol. The molecule has 0 saturated carbocycles. The average molecular weight is 224 g/mol. The minimum Gasteiger partial charge on any atom is -0.508 e. The van der Waals surface area contributed by atoms with Gasteiger partial charge < -0.3 is 14.6 Å². The van der Waals surface area contributed by atoms with Crippen LogP contribution in [0.1, 0.15) is 25.8 Å². The number of benzene rings is 1. The molecule has 0 heterocycles. The molecule has 0 bridgehead atoms. The van der Waals surface area contributed by atoms with Crippen LogP contribution in [-0.4, -0.2) is 17.7 Å². The van der Waals surface area contributed by atoms with Crippen molar-refractivity contribution in [3.05, 3.63) is 23.8 Å². The molecule has 0 unspecified atom stereocenters. The molecule has 4 nitrogen and oxygen atoms in total. The van der Waals surface area contributed by atoms with Crippen LogP contribution in [0.25, 0.3) is 0 Å². The topological polar surface area (TPSA) is 55.8 Å². The first-order valence-corrected chi connectivity index (χ1v) is 5.21. The number of rotatable bonds is 5. The number of carbonyl (C=O) groups is 1. The summed E-state index contributed by atoms with van der Waals surface area (Å²) in [6.45, 7) is 4.09. The maximum Gasteiger partial charge on any atom is 0.302 e. The Hall–Kier alpha value is -1.71. The predicted octanol–water partition coefficient (Wildman–Crippen LogP) is 2.24. The Balaban J connectivity index is 2.69. The van der Waals surface area contributed by atoms with E-state index in [4.69, 9.17) is 9.47 Å². The molecular weight excluding hydrogens is 208 g/mol. The van der Waals surface area contributed by atoms with Gasteiger partial charge in [-0.25, -0.2) is 0 Å². The minimum atomic E-state index is -0.348. The molecule has 88 valence electrons. The van der Waals surface area contributed by atoms with Gasteiger partial charge in [0, 0.05) is 13.0 Å². The highest BCUT2D eigenvalue weighted by Crippen LogP contribution is 2.22. The van der Waals surface area contributed by atoms with E-state index in [1.54, 1.807) is 12.1 Å². The van der Waals surface area contributed by atoms with E-state index in [0.717, 1.165) is 6.42 Å². The Morgan fingerprint density at radius 2 is 2.12 bits per heavy atom. The summed E-state index contributed by atoms with van der Waals surface area (Å²) in [6, 6.07) is 4.83. The molecule has 0 aliphatic rings. The highest BCUT2D eigenvalue weighted by atomic mass is 16.5. The third kappa shape index (κ3) is 4.21. The second-order valence-electron chi connectivity index (χ2n) is 3.46. The van der Waals surface area contributed by atoms with Gasteiger partial charge in [-0.1, -0.05) is 6.92 Å². The fourth-order valence-corrected chi connectivity index (χ4v) is 1.21. The van der Waals surface area contributed by atoms with Crippen LogP contribution in [-0.2, 0) is 16.1 Å². The van der Waals surface area contributed by atoms with Crippen molar-refractivity contribution in [1.82, 2.24) is 0 Å². The van der Waals surface area contributed by atoms with Crippen LogP contribution >= 0.6 is 0 Å². The molecule has 1 N–H and O–H groups in total. The van der Waals surface area contributed by atoms with Crippen LogP contribution in [0.15, 0.2) is 18.2 Å². The molecule has 1 aromatic rings. The third-order valence-electron chi connectivity index (χ3n) is 1.87. The number of phenolic OH excluding ortho intramolecular Hbond substituents is 1. The number of esters is 1. The van der Waals surface area contributed by atoms with Gasteiger partial charge in [-0.2, -0.15) is 0 Å². The van der Waals surface area contributed by atoms with Crippen LogP contribution in [0, 0.1) is 0 Å². The molecule has 0 aliphatic heterocycles. The lowest BCUT2D eigenvalue weighted by Crippen LogP contribution is -2.00. The molecule has 4 heteroatoms. The van der Waals surface area contributed by atoms with Crippen molar-refractivity contribution in [2.24, 2.45) is 0 Å². The molecule has 0 radical (unpaired) electrons. The summed E-state index contributed by atoms with van der Waals surface area (Å²) in [5.41, 5.74) is 0.710. The Morgan fingerprint density at radius 3 is 2.75 bits per heavy atom. The van der Waals surface area contributed by atoms with E-state index in [9.17, 15) is 9.90 Å². The second-order valence-corrected chi connectivity index (χ2v) is 3.46. The Kier molecular flexibility index (Phi) is 4.64. The molecule has 1 rings (SSSR count). The fourth-order valence-electron chi connectivity index (χ4n) is 1.21. The van der Waals surface area contributed by atoms with E-state index in [0.29, 0.717) is 17.9 Å². The summed E-state index contributed by atoms with van der Waals surface area (Å²) in [4.78, 5) is 10.6. The maximum absolute atomic E-state index is 10.6. The van der Waals surface area contributed by atoms with E-state index in [-0.39, 0.29) is 18.3 Å². The van der Waals surface area contributed by atoms with Crippen LogP contribution in [0.4, 0.5) is 0 Å². The normalized spacial score (nSPS) is 9.88. The number of hydrogen-bond acceptors (Lipinski definition) is 4. The lowest BCUT2D eigenvalue weighted by atomic mass is 10.2. The number of carbonyl (C=O) groups excluding carboxylic acids is 1. The van der Waals surface area contributed by atoms with Crippen molar-refractivity contribution in [3.8, 4) is 11.5 Å². The van der Waals surface area contributed by atoms with E-state index in [2.05, 4.69) is 0 Å². The summed E-state index contributed by atoms with van der Waals surface area (Å²) >= 11 is 0. The molecule has 0 atom stereocenters. The summed E-state index contributed by atoms with van der Waals surface area (Å²) in [5.74, 6) is 0.346. The zero-order valence-corrected chi connectivity index (χ0v) is 9.53. The fraction of sp³-hybridized carbons (Fsp3) is 0.417. The smallest absolute Gasteiger partial charge is 0.302 e. The van der Waals surface area contributed by atoms with Crippen molar-refractivity contribution in [2.75, 3.05) is 6.61 Å². The zero-order valence-electron chi connectivity index (χ0n) is 9.53. The molecule has 0 saturated heterocycles. The van der Waals surface area contributed by atoms with Gasteiger partial charge in [-0.3, -0.25) is 4.79 Å². The number of ether oxygens (including phenoxy) is 2. The van der Waals surface area contributed by atoms with Gasteiger partial charge in [0.1, 0.15) is 18.1 Å². The van der Waals surface area contributed by atoms with Crippen molar-refractivity contribution < 1.29 is 19.4 Å². The van der Waals surface area contributed by atoms with Crippen LogP contribution in [0.5, 0.6) is 11.5 Å². The molecule has 16 heavy (non-hydrogen) atoms. The minimum absolute atomic E-state index is 0.107. The first-order chi connectivity index (χ1) is 7.61. The molecule has 0 spiro atoms. The van der Waals surface area contributed by atoms with Crippen LogP contribution in [0.3, 0.4) is 0 Å². The van der Waals surface area contributed by atoms with Crippen molar-refractivity contribution in [2.45, 2.75) is 26.9 Å². The Morgan fingerprint density at radius 1 is 1.38 bits per heavy atom. The molecule has 1 aromatic carbocycles. The monoisotopic (exact) mass is 224 g/mol. The standard InChI is InChI=1S/C12H16O4/c1-3-4-15-12-6-10(5-11(14)7-12)8-16-9(2)13/h5-7,14H,3-4,8H2,1-2H3. The zero-order chi connectivity index (χ0) is 12.0. The van der Waals surface area contributed by atoms with Crippen LogP contribution in [0.2, 0.25) is 0 Å². The first kappa shape index (κ1) is 12.4. The second kappa shape index (κ2) is 6.00. The van der Waals surface area contributed by atoms with E-state index < -0.39 is 0 Å². The van der Waals surface area contributed by atoms with Gasteiger partial charge in [0.25, 0.3) is 0 Å². The van der Waals surface area contributed by atoms with Crippen molar-refractivity contribution >= 4 is 5.97 Å². The highest BCUT2D eigenvalue weighted by molar-refractivity contribution is 5.65. The van der Waals surface area contributed by atoms with Gasteiger partial charge >= 0.3 is 5.97 Å². The molecule has 0 fully saturated rings. The Labute approximate surface area is 94.8 Å². The van der Waals surface area contributed by atoms with Gasteiger partial charge in [-0.15, -0.1) is 0 Å². The maximum atomic E-state index is 10.6. The molecule has 0 aliphatic carbocycles. The van der Waals surface area contributed by atoms with Gasteiger partial charge in [-0.05, 0) is 24.1 Å². The SMILES string of the molecule is CCCOc1cc(O)cc(COC(C)=O)c1. The number of hydrogen-bond donors (Lipinski definition) is 1. The van der Waals surface area contributed by atoms with Crippen molar-refractivity contribution in [1.29, 1.82) is 0 Å². The first-order valence-electron chi connectivity index (χ1n) is 5.21.